The molecule has 1 aromatic rings. The number of halogens is 1. The number of fused-ring (bicyclic) bond motifs is 1. The number of likely N-dealkylation sites (tertiary alicyclic amines) is 1. The van der Waals surface area contributed by atoms with E-state index in [1.807, 2.05) is 11.0 Å². The molecule has 38 heavy (non-hydrogen) atoms. The van der Waals surface area contributed by atoms with Gasteiger partial charge in [0, 0.05) is 39.1 Å². The highest BCUT2D eigenvalue weighted by Gasteiger charge is 2.43. The maximum Gasteiger partial charge on any atom is 0.251 e. The van der Waals surface area contributed by atoms with Crippen molar-refractivity contribution in [1.29, 1.82) is 5.26 Å². The van der Waals surface area contributed by atoms with E-state index < -0.39 is 0 Å². The van der Waals surface area contributed by atoms with Gasteiger partial charge in [0.15, 0.2) is 0 Å². The van der Waals surface area contributed by atoms with Gasteiger partial charge < -0.3 is 19.4 Å². The van der Waals surface area contributed by atoms with E-state index in [1.54, 1.807) is 35.0 Å². The minimum atomic E-state index is -0.234. The summed E-state index contributed by atoms with van der Waals surface area (Å²) in [5, 5.41) is 12.9. The number of carbonyl (C=O) groups is 3. The highest BCUT2D eigenvalue weighted by Crippen LogP contribution is 2.40. The molecule has 3 aliphatic heterocycles. The molecule has 1 N–H and O–H groups in total. The lowest BCUT2D eigenvalue weighted by atomic mass is 9.69. The topological polar surface area (TPSA) is 106 Å². The molecule has 4 aliphatic rings. The molecule has 3 saturated heterocycles. The molecule has 204 valence electrons. The van der Waals surface area contributed by atoms with Gasteiger partial charge >= 0.3 is 0 Å². The molecular weight excluding hydrogens is 506 g/mol. The van der Waals surface area contributed by atoms with Gasteiger partial charge in [-0.3, -0.25) is 19.7 Å². The fourth-order valence-electron chi connectivity index (χ4n) is 6.44. The van der Waals surface area contributed by atoms with Gasteiger partial charge in [-0.25, -0.2) is 0 Å². The fraction of sp³-hybridized carbons (Fsp3) is 0.643. The van der Waals surface area contributed by atoms with Crippen molar-refractivity contribution >= 4 is 29.3 Å². The number of amides is 3. The van der Waals surface area contributed by atoms with Crippen LogP contribution in [0.25, 0.3) is 0 Å². The Morgan fingerprint density at radius 2 is 1.95 bits per heavy atom. The van der Waals surface area contributed by atoms with Crippen molar-refractivity contribution in [3.63, 3.8) is 0 Å². The number of nitriles is 1. The van der Waals surface area contributed by atoms with Crippen LogP contribution in [-0.4, -0.2) is 84.5 Å². The molecule has 1 aromatic carbocycles. The maximum atomic E-state index is 13.5. The second-order valence-corrected chi connectivity index (χ2v) is 11.6. The Morgan fingerprint density at radius 3 is 2.61 bits per heavy atom. The summed E-state index contributed by atoms with van der Waals surface area (Å²) in [4.78, 5) is 44.1. The van der Waals surface area contributed by atoms with Gasteiger partial charge in [-0.1, -0.05) is 17.7 Å². The molecule has 10 heteroatoms. The average Bonchev–Trinajstić information content (AvgIpc) is 2.89. The average molecular weight is 542 g/mol. The molecule has 0 aromatic heterocycles. The second-order valence-electron chi connectivity index (χ2n) is 11.2. The minimum absolute atomic E-state index is 0.0317. The lowest BCUT2D eigenvalue weighted by molar-refractivity contribution is -0.158. The number of nitrogens with zero attached hydrogens (tertiary/aromatic N) is 4. The number of likely N-dealkylation sites (N-methyl/N-ethyl adjacent to an activating group) is 1. The Morgan fingerprint density at radius 1 is 1.18 bits per heavy atom. The normalized spacial score (nSPS) is 27.8. The Labute approximate surface area is 229 Å². The Balaban J connectivity index is 1.12. The molecule has 3 heterocycles. The molecular formula is C28H36ClN5O4. The molecule has 1 aliphatic carbocycles. The summed E-state index contributed by atoms with van der Waals surface area (Å²) in [6.07, 6.45) is 5.46. The van der Waals surface area contributed by atoms with E-state index in [4.69, 9.17) is 21.6 Å². The number of ether oxygens (including phenoxy) is 1. The van der Waals surface area contributed by atoms with Crippen LogP contribution in [0.5, 0.6) is 0 Å². The Kier molecular flexibility index (Phi) is 8.22. The fourth-order valence-corrected chi connectivity index (χ4v) is 6.69. The lowest BCUT2D eigenvalue weighted by Crippen LogP contribution is -2.60. The summed E-state index contributed by atoms with van der Waals surface area (Å²) >= 11 is 6.13. The zero-order valence-electron chi connectivity index (χ0n) is 21.9. The number of benzene rings is 1. The molecule has 0 spiro atoms. The van der Waals surface area contributed by atoms with Crippen LogP contribution in [0.4, 0.5) is 0 Å². The predicted molar refractivity (Wildman–Crippen MR) is 141 cm³/mol. The number of hydrogen-bond donors (Lipinski definition) is 1. The predicted octanol–water partition coefficient (Wildman–Crippen LogP) is 2.37. The van der Waals surface area contributed by atoms with Gasteiger partial charge in [0.05, 0.1) is 29.8 Å². The summed E-state index contributed by atoms with van der Waals surface area (Å²) in [7, 11) is 1.71. The third kappa shape index (κ3) is 5.68. The highest BCUT2D eigenvalue weighted by atomic mass is 35.5. The van der Waals surface area contributed by atoms with Gasteiger partial charge in [0.1, 0.15) is 18.7 Å². The van der Waals surface area contributed by atoms with Crippen LogP contribution in [0.2, 0.25) is 5.02 Å². The molecule has 3 amide bonds. The van der Waals surface area contributed by atoms with Gasteiger partial charge in [0.25, 0.3) is 5.91 Å². The first kappa shape index (κ1) is 26.9. The van der Waals surface area contributed by atoms with Crippen molar-refractivity contribution in [1.82, 2.24) is 20.0 Å². The SMILES string of the molecule is CN(Cc1ccc(C#N)c(Cl)c1)C(=O)CN1CNC2CCC(C3CCN(C(=O)C4CCO4)CC3)CC2C1=O. The first-order chi connectivity index (χ1) is 18.3. The van der Waals surface area contributed by atoms with E-state index in [0.717, 1.165) is 57.2 Å². The summed E-state index contributed by atoms with van der Waals surface area (Å²) in [6, 6.07) is 7.34. The Bertz CT molecular complexity index is 1110. The van der Waals surface area contributed by atoms with Crippen molar-refractivity contribution in [3.05, 3.63) is 34.3 Å². The molecule has 4 atom stereocenters. The van der Waals surface area contributed by atoms with E-state index in [2.05, 4.69) is 5.32 Å². The van der Waals surface area contributed by atoms with E-state index in [0.29, 0.717) is 42.2 Å². The van der Waals surface area contributed by atoms with Crippen LogP contribution in [0.3, 0.4) is 0 Å². The first-order valence-corrected chi connectivity index (χ1v) is 14.1. The van der Waals surface area contributed by atoms with Gasteiger partial charge in [-0.05, 0) is 61.6 Å². The number of nitrogens with one attached hydrogen (secondary N) is 1. The standard InChI is InChI=1S/C28H36ClN5O4/c1-32(15-18-2-3-21(14-30)23(29)12-18)26(35)16-34-17-31-24-5-4-20(13-22(24)27(34)36)19-6-9-33(10-7-19)28(37)25-8-11-38-25/h2-3,12,19-20,22,24-25,31H,4-11,13,15-17H2,1H3. The maximum absolute atomic E-state index is 13.5. The van der Waals surface area contributed by atoms with Crippen molar-refractivity contribution in [2.75, 3.05) is 40.0 Å². The summed E-state index contributed by atoms with van der Waals surface area (Å²) < 4.78 is 5.37. The van der Waals surface area contributed by atoms with E-state index in [1.165, 1.54) is 0 Å². The van der Waals surface area contributed by atoms with Crippen LogP contribution >= 0.6 is 11.6 Å². The molecule has 4 unspecified atom stereocenters. The zero-order valence-corrected chi connectivity index (χ0v) is 22.7. The van der Waals surface area contributed by atoms with E-state index in [-0.39, 0.29) is 42.3 Å². The van der Waals surface area contributed by atoms with Crippen LogP contribution in [0.15, 0.2) is 18.2 Å². The number of piperidine rings is 1. The summed E-state index contributed by atoms with van der Waals surface area (Å²) in [5.74, 6) is 0.949. The van der Waals surface area contributed by atoms with Crippen LogP contribution in [0, 0.1) is 29.1 Å². The van der Waals surface area contributed by atoms with Crippen molar-refractivity contribution in [2.45, 2.75) is 57.2 Å². The minimum Gasteiger partial charge on any atom is -0.368 e. The smallest absolute Gasteiger partial charge is 0.251 e. The molecule has 9 nitrogen and oxygen atoms in total. The molecule has 0 bridgehead atoms. The third-order valence-electron chi connectivity index (χ3n) is 8.88. The summed E-state index contributed by atoms with van der Waals surface area (Å²) in [6.45, 7) is 3.00. The van der Waals surface area contributed by atoms with Gasteiger partial charge in [-0.15, -0.1) is 0 Å². The molecule has 5 rings (SSSR count). The first-order valence-electron chi connectivity index (χ1n) is 13.7. The van der Waals surface area contributed by atoms with Crippen LogP contribution < -0.4 is 5.32 Å². The van der Waals surface area contributed by atoms with Crippen LogP contribution in [-0.2, 0) is 25.7 Å². The molecule has 0 radical (unpaired) electrons. The van der Waals surface area contributed by atoms with E-state index >= 15 is 0 Å². The van der Waals surface area contributed by atoms with Crippen molar-refractivity contribution in [2.24, 2.45) is 17.8 Å². The van der Waals surface area contributed by atoms with Crippen molar-refractivity contribution < 1.29 is 19.1 Å². The molecule has 1 saturated carbocycles. The monoisotopic (exact) mass is 541 g/mol. The van der Waals surface area contributed by atoms with E-state index in [9.17, 15) is 14.4 Å². The third-order valence-corrected chi connectivity index (χ3v) is 9.19. The van der Waals surface area contributed by atoms with Gasteiger partial charge in [-0.2, -0.15) is 5.26 Å². The summed E-state index contributed by atoms with van der Waals surface area (Å²) in [5.41, 5.74) is 1.23. The second kappa shape index (κ2) is 11.6. The molecule has 4 fully saturated rings. The number of hydrogen-bond acceptors (Lipinski definition) is 6. The quantitative estimate of drug-likeness (QED) is 0.593. The highest BCUT2D eigenvalue weighted by molar-refractivity contribution is 6.31. The Hall–Kier alpha value is -2.67. The lowest BCUT2D eigenvalue weighted by Gasteiger charge is -2.46. The zero-order chi connectivity index (χ0) is 26.8. The van der Waals surface area contributed by atoms with Crippen LogP contribution in [0.1, 0.15) is 49.7 Å². The van der Waals surface area contributed by atoms with Crippen molar-refractivity contribution in [3.8, 4) is 6.07 Å². The number of rotatable bonds is 6. The van der Waals surface area contributed by atoms with Gasteiger partial charge in [0.2, 0.25) is 11.8 Å². The number of carbonyl (C=O) groups excluding carboxylic acids is 3. The largest absolute Gasteiger partial charge is 0.368 e.